The SMILES string of the molecule is CCCN(C(C)C)C1(CN)CCCC(C(C)C)C1. The lowest BCUT2D eigenvalue weighted by Crippen LogP contribution is -2.59. The molecule has 1 fully saturated rings. The molecule has 1 aliphatic rings. The van der Waals surface area contributed by atoms with Crippen LogP contribution in [0.4, 0.5) is 0 Å². The molecular weight excluding hydrogens is 220 g/mol. The molecule has 0 aliphatic heterocycles. The highest BCUT2D eigenvalue weighted by molar-refractivity contribution is 4.98. The summed E-state index contributed by atoms with van der Waals surface area (Å²) in [5, 5.41) is 0. The minimum atomic E-state index is 0.275. The van der Waals surface area contributed by atoms with Crippen molar-refractivity contribution in [1.29, 1.82) is 0 Å². The van der Waals surface area contributed by atoms with Gasteiger partial charge in [-0.1, -0.05) is 33.6 Å². The summed E-state index contributed by atoms with van der Waals surface area (Å²) >= 11 is 0. The van der Waals surface area contributed by atoms with Crippen molar-refractivity contribution >= 4 is 0 Å². The molecule has 2 unspecified atom stereocenters. The van der Waals surface area contributed by atoms with Gasteiger partial charge in [0.1, 0.15) is 0 Å². The standard InChI is InChI=1S/C16H34N2/c1-6-10-18(14(4)5)16(12-17)9-7-8-15(11-16)13(2)3/h13-15H,6-12,17H2,1-5H3. The zero-order valence-corrected chi connectivity index (χ0v) is 13.2. The fourth-order valence-electron chi connectivity index (χ4n) is 3.80. The monoisotopic (exact) mass is 254 g/mol. The summed E-state index contributed by atoms with van der Waals surface area (Å²) < 4.78 is 0. The Morgan fingerprint density at radius 3 is 2.39 bits per heavy atom. The second-order valence-electron chi connectivity index (χ2n) is 6.82. The third-order valence-electron chi connectivity index (χ3n) is 4.88. The van der Waals surface area contributed by atoms with E-state index in [1.54, 1.807) is 0 Å². The number of nitrogens with two attached hydrogens (primary N) is 1. The maximum atomic E-state index is 6.23. The molecule has 18 heavy (non-hydrogen) atoms. The smallest absolute Gasteiger partial charge is 0.0337 e. The van der Waals surface area contributed by atoms with Gasteiger partial charge in [-0.05, 0) is 51.5 Å². The highest BCUT2D eigenvalue weighted by atomic mass is 15.2. The third-order valence-corrected chi connectivity index (χ3v) is 4.88. The number of nitrogens with zero attached hydrogens (tertiary/aromatic N) is 1. The maximum absolute atomic E-state index is 6.23. The normalized spacial score (nSPS) is 29.5. The van der Waals surface area contributed by atoms with Crippen LogP contribution in [0.1, 0.15) is 66.7 Å². The molecule has 0 amide bonds. The molecule has 1 aliphatic carbocycles. The van der Waals surface area contributed by atoms with Gasteiger partial charge < -0.3 is 5.73 Å². The fourth-order valence-corrected chi connectivity index (χ4v) is 3.80. The van der Waals surface area contributed by atoms with E-state index in [1.165, 1.54) is 38.6 Å². The molecule has 0 bridgehead atoms. The van der Waals surface area contributed by atoms with E-state index in [1.807, 2.05) is 0 Å². The molecule has 2 N–H and O–H groups in total. The van der Waals surface area contributed by atoms with Crippen molar-refractivity contribution in [3.8, 4) is 0 Å². The van der Waals surface area contributed by atoms with Crippen LogP contribution in [0, 0.1) is 11.8 Å². The maximum Gasteiger partial charge on any atom is 0.0337 e. The average Bonchev–Trinajstić information content (AvgIpc) is 2.35. The predicted octanol–water partition coefficient (Wildman–Crippen LogP) is 3.65. The first kappa shape index (κ1) is 16.0. The molecule has 2 atom stereocenters. The first-order valence-corrected chi connectivity index (χ1v) is 7.93. The quantitative estimate of drug-likeness (QED) is 0.784. The van der Waals surface area contributed by atoms with Crippen LogP contribution in [-0.2, 0) is 0 Å². The van der Waals surface area contributed by atoms with Crippen molar-refractivity contribution in [2.75, 3.05) is 13.1 Å². The van der Waals surface area contributed by atoms with Gasteiger partial charge in [0.25, 0.3) is 0 Å². The van der Waals surface area contributed by atoms with Crippen molar-refractivity contribution in [2.45, 2.75) is 78.3 Å². The lowest BCUT2D eigenvalue weighted by molar-refractivity contribution is 0.00366. The van der Waals surface area contributed by atoms with E-state index in [2.05, 4.69) is 39.5 Å². The van der Waals surface area contributed by atoms with Gasteiger partial charge in [0.15, 0.2) is 0 Å². The summed E-state index contributed by atoms with van der Waals surface area (Å²) in [6, 6.07) is 0.611. The molecule has 2 nitrogen and oxygen atoms in total. The van der Waals surface area contributed by atoms with Crippen LogP contribution in [0.5, 0.6) is 0 Å². The molecule has 0 aromatic rings. The number of rotatable bonds is 6. The van der Waals surface area contributed by atoms with Crippen LogP contribution >= 0.6 is 0 Å². The Balaban J connectivity index is 2.87. The Morgan fingerprint density at radius 2 is 1.94 bits per heavy atom. The van der Waals surface area contributed by atoms with Crippen LogP contribution in [0.15, 0.2) is 0 Å². The average molecular weight is 254 g/mol. The van der Waals surface area contributed by atoms with E-state index in [4.69, 9.17) is 5.73 Å². The molecular formula is C16H34N2. The van der Waals surface area contributed by atoms with Crippen LogP contribution in [-0.4, -0.2) is 29.6 Å². The molecule has 0 aromatic heterocycles. The Kier molecular flexibility index (Phi) is 6.13. The van der Waals surface area contributed by atoms with E-state index in [0.717, 1.165) is 18.4 Å². The zero-order chi connectivity index (χ0) is 13.8. The molecule has 0 saturated heterocycles. The van der Waals surface area contributed by atoms with E-state index >= 15 is 0 Å². The highest BCUT2D eigenvalue weighted by Crippen LogP contribution is 2.40. The molecule has 1 saturated carbocycles. The van der Waals surface area contributed by atoms with E-state index in [0.29, 0.717) is 6.04 Å². The first-order valence-electron chi connectivity index (χ1n) is 7.93. The zero-order valence-electron chi connectivity index (χ0n) is 13.2. The second-order valence-corrected chi connectivity index (χ2v) is 6.82. The van der Waals surface area contributed by atoms with Crippen molar-refractivity contribution in [1.82, 2.24) is 4.90 Å². The summed E-state index contributed by atoms with van der Waals surface area (Å²) in [6.45, 7) is 13.7. The molecule has 0 heterocycles. The summed E-state index contributed by atoms with van der Waals surface area (Å²) in [5.41, 5.74) is 6.50. The third kappa shape index (κ3) is 3.48. The first-order chi connectivity index (χ1) is 8.46. The van der Waals surface area contributed by atoms with Crippen molar-refractivity contribution in [3.05, 3.63) is 0 Å². The largest absolute Gasteiger partial charge is 0.329 e. The number of hydrogen-bond acceptors (Lipinski definition) is 2. The van der Waals surface area contributed by atoms with Gasteiger partial charge in [-0.2, -0.15) is 0 Å². The van der Waals surface area contributed by atoms with E-state index < -0.39 is 0 Å². The van der Waals surface area contributed by atoms with Crippen LogP contribution in [0.2, 0.25) is 0 Å². The fraction of sp³-hybridized carbons (Fsp3) is 1.00. The topological polar surface area (TPSA) is 29.3 Å². The molecule has 0 aromatic carbocycles. The predicted molar refractivity (Wildman–Crippen MR) is 80.7 cm³/mol. The highest BCUT2D eigenvalue weighted by Gasteiger charge is 2.41. The van der Waals surface area contributed by atoms with Crippen LogP contribution in [0.25, 0.3) is 0 Å². The second kappa shape index (κ2) is 6.91. The van der Waals surface area contributed by atoms with Crippen molar-refractivity contribution in [3.63, 3.8) is 0 Å². The molecule has 0 radical (unpaired) electrons. The van der Waals surface area contributed by atoms with Crippen molar-refractivity contribution < 1.29 is 0 Å². The van der Waals surface area contributed by atoms with Gasteiger partial charge in [0.2, 0.25) is 0 Å². The van der Waals surface area contributed by atoms with Gasteiger partial charge in [-0.15, -0.1) is 0 Å². The molecule has 1 rings (SSSR count). The Hall–Kier alpha value is -0.0800. The van der Waals surface area contributed by atoms with Crippen LogP contribution in [0.3, 0.4) is 0 Å². The van der Waals surface area contributed by atoms with Crippen molar-refractivity contribution in [2.24, 2.45) is 17.6 Å². The molecule has 2 heteroatoms. The van der Waals surface area contributed by atoms with Gasteiger partial charge in [0, 0.05) is 18.1 Å². The Bertz CT molecular complexity index is 237. The summed E-state index contributed by atoms with van der Waals surface area (Å²) in [7, 11) is 0. The van der Waals surface area contributed by atoms with Gasteiger partial charge >= 0.3 is 0 Å². The summed E-state index contributed by atoms with van der Waals surface area (Å²) in [6.07, 6.45) is 6.58. The van der Waals surface area contributed by atoms with Gasteiger partial charge in [0.05, 0.1) is 0 Å². The number of hydrogen-bond donors (Lipinski definition) is 1. The van der Waals surface area contributed by atoms with Crippen LogP contribution < -0.4 is 5.73 Å². The minimum Gasteiger partial charge on any atom is -0.329 e. The summed E-state index contributed by atoms with van der Waals surface area (Å²) in [4.78, 5) is 2.70. The van der Waals surface area contributed by atoms with Gasteiger partial charge in [-0.3, -0.25) is 4.90 Å². The molecule has 108 valence electrons. The van der Waals surface area contributed by atoms with Gasteiger partial charge in [-0.25, -0.2) is 0 Å². The minimum absolute atomic E-state index is 0.275. The van der Waals surface area contributed by atoms with E-state index in [9.17, 15) is 0 Å². The lowest BCUT2D eigenvalue weighted by atomic mass is 9.70. The Morgan fingerprint density at radius 1 is 1.28 bits per heavy atom. The Labute approximate surface area is 114 Å². The summed E-state index contributed by atoms with van der Waals surface area (Å²) in [5.74, 6) is 1.66. The molecule has 0 spiro atoms. The lowest BCUT2D eigenvalue weighted by Gasteiger charge is -2.51. The van der Waals surface area contributed by atoms with E-state index in [-0.39, 0.29) is 5.54 Å².